The predicted octanol–water partition coefficient (Wildman–Crippen LogP) is 0.951. The van der Waals surface area contributed by atoms with Gasteiger partial charge in [0.1, 0.15) is 6.04 Å². The molecule has 2 amide bonds. The van der Waals surface area contributed by atoms with Crippen molar-refractivity contribution in [3.8, 4) is 12.3 Å². The Labute approximate surface area is 101 Å². The van der Waals surface area contributed by atoms with Crippen molar-refractivity contribution in [1.82, 2.24) is 10.6 Å². The quantitative estimate of drug-likeness (QED) is 0.638. The van der Waals surface area contributed by atoms with E-state index in [-0.39, 0.29) is 12.5 Å². The number of nitrogens with one attached hydrogen (secondary N) is 2. The SMILES string of the molecule is C#CCC(NC(=O)NC1CCCC1C)C(=O)O. The first-order valence-electron chi connectivity index (χ1n) is 5.78. The zero-order chi connectivity index (χ0) is 12.8. The highest BCUT2D eigenvalue weighted by Gasteiger charge is 2.26. The van der Waals surface area contributed by atoms with Crippen LogP contribution in [0, 0.1) is 18.3 Å². The van der Waals surface area contributed by atoms with E-state index in [1.807, 2.05) is 0 Å². The second-order valence-electron chi connectivity index (χ2n) is 4.43. The third kappa shape index (κ3) is 3.99. The van der Waals surface area contributed by atoms with Crippen LogP contribution in [0.4, 0.5) is 4.79 Å². The van der Waals surface area contributed by atoms with Crippen LogP contribution in [-0.4, -0.2) is 29.2 Å². The van der Waals surface area contributed by atoms with E-state index in [9.17, 15) is 9.59 Å². The van der Waals surface area contributed by atoms with Gasteiger partial charge in [0.2, 0.25) is 0 Å². The maximum atomic E-state index is 11.6. The molecule has 17 heavy (non-hydrogen) atoms. The Morgan fingerprint density at radius 3 is 2.71 bits per heavy atom. The average molecular weight is 238 g/mol. The van der Waals surface area contributed by atoms with Crippen LogP contribution >= 0.6 is 0 Å². The van der Waals surface area contributed by atoms with Gasteiger partial charge in [-0.05, 0) is 18.8 Å². The lowest BCUT2D eigenvalue weighted by Crippen LogP contribution is -2.49. The number of urea groups is 1. The molecule has 1 aliphatic rings. The number of terminal acetylenes is 1. The molecule has 1 aliphatic carbocycles. The number of hydrogen-bond donors (Lipinski definition) is 3. The zero-order valence-corrected chi connectivity index (χ0v) is 9.90. The molecule has 0 saturated heterocycles. The molecule has 0 radical (unpaired) electrons. The van der Waals surface area contributed by atoms with Crippen molar-refractivity contribution in [2.75, 3.05) is 0 Å². The molecular weight excluding hydrogens is 220 g/mol. The minimum absolute atomic E-state index is 0.0109. The van der Waals surface area contributed by atoms with Gasteiger partial charge in [0.05, 0.1) is 0 Å². The van der Waals surface area contributed by atoms with Crippen LogP contribution in [0.25, 0.3) is 0 Å². The molecule has 3 N–H and O–H groups in total. The zero-order valence-electron chi connectivity index (χ0n) is 9.90. The fourth-order valence-corrected chi connectivity index (χ4v) is 2.05. The summed E-state index contributed by atoms with van der Waals surface area (Å²) in [7, 11) is 0. The van der Waals surface area contributed by atoms with E-state index in [2.05, 4.69) is 23.5 Å². The second kappa shape index (κ2) is 6.14. The highest BCUT2D eigenvalue weighted by atomic mass is 16.4. The summed E-state index contributed by atoms with van der Waals surface area (Å²) in [5.74, 6) is 1.56. The first kappa shape index (κ1) is 13.4. The van der Waals surface area contributed by atoms with E-state index in [4.69, 9.17) is 11.5 Å². The fraction of sp³-hybridized carbons (Fsp3) is 0.667. The average Bonchev–Trinajstić information content (AvgIpc) is 2.63. The summed E-state index contributed by atoms with van der Waals surface area (Å²) >= 11 is 0. The van der Waals surface area contributed by atoms with Gasteiger partial charge in [-0.3, -0.25) is 0 Å². The van der Waals surface area contributed by atoms with Gasteiger partial charge in [-0.1, -0.05) is 13.3 Å². The molecule has 1 rings (SSSR count). The van der Waals surface area contributed by atoms with Gasteiger partial charge in [-0.2, -0.15) is 0 Å². The molecule has 3 unspecified atom stereocenters. The third-order valence-electron chi connectivity index (χ3n) is 3.10. The van der Waals surface area contributed by atoms with Crippen molar-refractivity contribution in [3.05, 3.63) is 0 Å². The van der Waals surface area contributed by atoms with Crippen molar-refractivity contribution in [1.29, 1.82) is 0 Å². The van der Waals surface area contributed by atoms with Crippen molar-refractivity contribution in [2.24, 2.45) is 5.92 Å². The lowest BCUT2D eigenvalue weighted by Gasteiger charge is -2.19. The number of rotatable bonds is 4. The number of carbonyl (C=O) groups is 2. The lowest BCUT2D eigenvalue weighted by atomic mass is 10.1. The van der Waals surface area contributed by atoms with E-state index in [0.717, 1.165) is 19.3 Å². The highest BCUT2D eigenvalue weighted by molar-refractivity contribution is 5.82. The first-order valence-corrected chi connectivity index (χ1v) is 5.78. The number of amides is 2. The Balaban J connectivity index is 2.42. The largest absolute Gasteiger partial charge is 0.480 e. The molecule has 0 aromatic heterocycles. The third-order valence-corrected chi connectivity index (χ3v) is 3.10. The number of aliphatic carboxylic acids is 1. The van der Waals surface area contributed by atoms with Crippen molar-refractivity contribution >= 4 is 12.0 Å². The van der Waals surface area contributed by atoms with Crippen LogP contribution in [0.3, 0.4) is 0 Å². The van der Waals surface area contributed by atoms with Gasteiger partial charge in [0, 0.05) is 12.5 Å². The normalized spacial score (nSPS) is 24.7. The molecule has 0 spiro atoms. The number of hydrogen-bond acceptors (Lipinski definition) is 2. The van der Waals surface area contributed by atoms with Gasteiger partial charge in [0.15, 0.2) is 0 Å². The summed E-state index contributed by atoms with van der Waals surface area (Å²) in [6.45, 7) is 2.08. The Morgan fingerprint density at radius 2 is 2.24 bits per heavy atom. The fourth-order valence-electron chi connectivity index (χ4n) is 2.05. The summed E-state index contributed by atoms with van der Waals surface area (Å²) < 4.78 is 0. The Morgan fingerprint density at radius 1 is 1.53 bits per heavy atom. The van der Waals surface area contributed by atoms with Crippen LogP contribution in [-0.2, 0) is 4.79 Å². The van der Waals surface area contributed by atoms with Crippen LogP contribution < -0.4 is 10.6 Å². The van der Waals surface area contributed by atoms with Gasteiger partial charge in [0.25, 0.3) is 0 Å². The molecule has 1 fully saturated rings. The van der Waals surface area contributed by atoms with Crippen LogP contribution in [0.2, 0.25) is 0 Å². The molecule has 0 heterocycles. The molecule has 1 saturated carbocycles. The molecule has 0 aliphatic heterocycles. The molecule has 3 atom stereocenters. The minimum Gasteiger partial charge on any atom is -0.480 e. The van der Waals surface area contributed by atoms with E-state index in [0.29, 0.717) is 5.92 Å². The lowest BCUT2D eigenvalue weighted by molar-refractivity contribution is -0.139. The van der Waals surface area contributed by atoms with Crippen LogP contribution in [0.15, 0.2) is 0 Å². The summed E-state index contributed by atoms with van der Waals surface area (Å²) in [4.78, 5) is 22.4. The van der Waals surface area contributed by atoms with Crippen LogP contribution in [0.5, 0.6) is 0 Å². The van der Waals surface area contributed by atoms with E-state index in [1.165, 1.54) is 0 Å². The molecule has 0 aromatic rings. The number of carbonyl (C=O) groups excluding carboxylic acids is 1. The molecule has 5 heteroatoms. The standard InChI is InChI=1S/C12H18N2O3/c1-3-5-10(11(15)16)14-12(17)13-9-7-4-6-8(9)2/h1,8-10H,4-7H2,2H3,(H,15,16)(H2,13,14,17). The Bertz CT molecular complexity index is 335. The van der Waals surface area contributed by atoms with Gasteiger partial charge in [-0.25, -0.2) is 9.59 Å². The minimum atomic E-state index is -1.11. The van der Waals surface area contributed by atoms with Gasteiger partial charge >= 0.3 is 12.0 Å². The maximum absolute atomic E-state index is 11.6. The monoisotopic (exact) mass is 238 g/mol. The molecular formula is C12H18N2O3. The van der Waals surface area contributed by atoms with E-state index < -0.39 is 18.0 Å². The van der Waals surface area contributed by atoms with E-state index in [1.54, 1.807) is 0 Å². The van der Waals surface area contributed by atoms with E-state index >= 15 is 0 Å². The smallest absolute Gasteiger partial charge is 0.327 e. The van der Waals surface area contributed by atoms with Crippen molar-refractivity contribution < 1.29 is 14.7 Å². The topological polar surface area (TPSA) is 78.4 Å². The van der Waals surface area contributed by atoms with Crippen molar-refractivity contribution in [2.45, 2.75) is 44.7 Å². The first-order chi connectivity index (χ1) is 8.04. The number of carboxylic acids is 1. The summed E-state index contributed by atoms with van der Waals surface area (Å²) in [5, 5.41) is 14.0. The molecule has 94 valence electrons. The van der Waals surface area contributed by atoms with Crippen LogP contribution in [0.1, 0.15) is 32.6 Å². The molecule has 0 bridgehead atoms. The maximum Gasteiger partial charge on any atom is 0.327 e. The molecule has 0 aromatic carbocycles. The number of carboxylic acid groups (broad SMARTS) is 1. The summed E-state index contributed by atoms with van der Waals surface area (Å²) in [6.07, 6.45) is 8.17. The summed E-state index contributed by atoms with van der Waals surface area (Å²) in [5.41, 5.74) is 0. The second-order valence-corrected chi connectivity index (χ2v) is 4.43. The van der Waals surface area contributed by atoms with Gasteiger partial charge in [-0.15, -0.1) is 12.3 Å². The van der Waals surface area contributed by atoms with Gasteiger partial charge < -0.3 is 15.7 Å². The Hall–Kier alpha value is -1.70. The van der Waals surface area contributed by atoms with Crippen molar-refractivity contribution in [3.63, 3.8) is 0 Å². The highest BCUT2D eigenvalue weighted by Crippen LogP contribution is 2.24. The summed E-state index contributed by atoms with van der Waals surface area (Å²) in [6, 6.07) is -1.33. The molecule has 5 nitrogen and oxygen atoms in total. The predicted molar refractivity (Wildman–Crippen MR) is 63.3 cm³/mol. The Kier molecular flexibility index (Phi) is 4.83.